The standard InChI is InChI=1S/C28H24ClN5O5/c1-3-27(35)34-12-18(13-34)39-26-10-19-21(11-25(26)36-2)30-14-31-28(19)33-16-4-6-23(20(29)8-16)38-17-5-7-24-22(9-17)32-15-37-24/h3-11,14-15,18,27,35H,1,12-13H2,2H3,(H,30,31,33). The minimum Gasteiger partial charge on any atom is -0.493 e. The lowest BCUT2D eigenvalue weighted by Crippen LogP contribution is -2.57. The molecule has 198 valence electrons. The number of aliphatic hydroxyl groups is 1. The van der Waals surface area contributed by atoms with E-state index in [2.05, 4.69) is 26.8 Å². The number of benzene rings is 3. The number of oxazole rings is 1. The van der Waals surface area contributed by atoms with Gasteiger partial charge in [-0.2, -0.15) is 0 Å². The summed E-state index contributed by atoms with van der Waals surface area (Å²) in [5.41, 5.74) is 2.77. The zero-order valence-corrected chi connectivity index (χ0v) is 21.6. The van der Waals surface area contributed by atoms with Gasteiger partial charge in [-0.25, -0.2) is 15.0 Å². The number of halogens is 1. The summed E-state index contributed by atoms with van der Waals surface area (Å²) in [6, 6.07) is 14.4. The van der Waals surface area contributed by atoms with Gasteiger partial charge in [-0.3, -0.25) is 4.90 Å². The van der Waals surface area contributed by atoms with Crippen molar-refractivity contribution in [1.29, 1.82) is 0 Å². The first kappa shape index (κ1) is 24.9. The molecule has 11 heteroatoms. The highest BCUT2D eigenvalue weighted by Crippen LogP contribution is 2.38. The van der Waals surface area contributed by atoms with Crippen molar-refractivity contribution in [3.63, 3.8) is 0 Å². The maximum Gasteiger partial charge on any atom is 0.181 e. The highest BCUT2D eigenvalue weighted by molar-refractivity contribution is 6.32. The topological polar surface area (TPSA) is 115 Å². The van der Waals surface area contributed by atoms with E-state index in [1.807, 2.05) is 23.1 Å². The van der Waals surface area contributed by atoms with Crippen LogP contribution < -0.4 is 19.5 Å². The number of nitrogens with one attached hydrogen (secondary N) is 1. The number of methoxy groups -OCH3 is 1. The second-order valence-electron chi connectivity index (χ2n) is 8.94. The number of likely N-dealkylation sites (tertiary alicyclic amines) is 1. The number of rotatable bonds is 9. The summed E-state index contributed by atoms with van der Waals surface area (Å²) in [5.74, 6) is 2.78. The van der Waals surface area contributed by atoms with E-state index >= 15 is 0 Å². The monoisotopic (exact) mass is 545 g/mol. The van der Waals surface area contributed by atoms with Gasteiger partial charge < -0.3 is 29.1 Å². The van der Waals surface area contributed by atoms with Gasteiger partial charge in [0.2, 0.25) is 0 Å². The molecule has 5 aromatic rings. The predicted molar refractivity (Wildman–Crippen MR) is 147 cm³/mol. The summed E-state index contributed by atoms with van der Waals surface area (Å²) in [6.07, 6.45) is 3.58. The molecule has 0 aliphatic carbocycles. The number of aromatic nitrogens is 3. The third kappa shape index (κ3) is 5.05. The summed E-state index contributed by atoms with van der Waals surface area (Å²) >= 11 is 6.55. The number of fused-ring (bicyclic) bond motifs is 2. The molecule has 0 bridgehead atoms. The van der Waals surface area contributed by atoms with Gasteiger partial charge in [0, 0.05) is 36.3 Å². The molecule has 1 atom stereocenters. The van der Waals surface area contributed by atoms with Crippen molar-refractivity contribution in [2.75, 3.05) is 25.5 Å². The molecule has 1 fully saturated rings. The van der Waals surface area contributed by atoms with E-state index in [1.165, 1.54) is 18.8 Å². The van der Waals surface area contributed by atoms with Gasteiger partial charge in [-0.05, 0) is 42.5 Å². The molecule has 1 aliphatic rings. The molecule has 2 aromatic heterocycles. The predicted octanol–water partition coefficient (Wildman–Crippen LogP) is 5.54. The number of nitrogens with zero attached hydrogens (tertiary/aromatic N) is 4. The van der Waals surface area contributed by atoms with E-state index in [1.54, 1.807) is 37.4 Å². The van der Waals surface area contributed by atoms with E-state index in [4.69, 9.17) is 30.2 Å². The summed E-state index contributed by atoms with van der Waals surface area (Å²) in [5, 5.41) is 14.4. The van der Waals surface area contributed by atoms with Crippen LogP contribution in [0.1, 0.15) is 0 Å². The maximum absolute atomic E-state index is 9.90. The average molecular weight is 546 g/mol. The van der Waals surface area contributed by atoms with Gasteiger partial charge >= 0.3 is 0 Å². The van der Waals surface area contributed by atoms with Crippen molar-refractivity contribution < 1.29 is 23.7 Å². The molecule has 0 spiro atoms. The number of hydrogen-bond acceptors (Lipinski definition) is 10. The molecule has 3 heterocycles. The zero-order chi connectivity index (χ0) is 26.9. The minimum absolute atomic E-state index is 0.0941. The summed E-state index contributed by atoms with van der Waals surface area (Å²) in [4.78, 5) is 14.8. The van der Waals surface area contributed by atoms with E-state index in [0.29, 0.717) is 69.2 Å². The Kier molecular flexibility index (Phi) is 6.65. The van der Waals surface area contributed by atoms with Crippen LogP contribution in [0.2, 0.25) is 5.02 Å². The van der Waals surface area contributed by atoms with Gasteiger partial charge in [-0.1, -0.05) is 18.2 Å². The zero-order valence-electron chi connectivity index (χ0n) is 20.9. The van der Waals surface area contributed by atoms with Crippen LogP contribution in [-0.2, 0) is 0 Å². The van der Waals surface area contributed by atoms with Crippen LogP contribution >= 0.6 is 11.6 Å². The molecule has 2 N–H and O–H groups in total. The number of ether oxygens (including phenoxy) is 3. The fraction of sp³-hybridized carbons (Fsp3) is 0.179. The summed E-state index contributed by atoms with van der Waals surface area (Å²) < 4.78 is 23.0. The van der Waals surface area contributed by atoms with Crippen molar-refractivity contribution in [3.05, 3.63) is 78.9 Å². The van der Waals surface area contributed by atoms with E-state index in [-0.39, 0.29) is 6.10 Å². The fourth-order valence-corrected chi connectivity index (χ4v) is 4.55. The molecule has 39 heavy (non-hydrogen) atoms. The molecule has 1 aliphatic heterocycles. The Morgan fingerprint density at radius 2 is 1.95 bits per heavy atom. The Bertz CT molecular complexity index is 1670. The van der Waals surface area contributed by atoms with Crippen LogP contribution in [0.15, 0.2) is 78.3 Å². The lowest BCUT2D eigenvalue weighted by molar-refractivity contribution is -0.0674. The second-order valence-corrected chi connectivity index (χ2v) is 9.35. The van der Waals surface area contributed by atoms with E-state index < -0.39 is 6.23 Å². The Balaban J connectivity index is 1.22. The van der Waals surface area contributed by atoms with Crippen LogP contribution in [0, 0.1) is 0 Å². The number of anilines is 2. The van der Waals surface area contributed by atoms with Crippen LogP contribution in [0.3, 0.4) is 0 Å². The van der Waals surface area contributed by atoms with Crippen LogP contribution in [0.4, 0.5) is 11.5 Å². The Morgan fingerprint density at radius 3 is 2.74 bits per heavy atom. The molecule has 0 radical (unpaired) electrons. The van der Waals surface area contributed by atoms with Gasteiger partial charge in [0.15, 0.2) is 23.5 Å². The normalized spacial score (nSPS) is 14.6. The van der Waals surface area contributed by atoms with Crippen molar-refractivity contribution in [2.45, 2.75) is 12.3 Å². The smallest absolute Gasteiger partial charge is 0.181 e. The lowest BCUT2D eigenvalue weighted by Gasteiger charge is -2.40. The number of hydrogen-bond donors (Lipinski definition) is 2. The minimum atomic E-state index is -0.687. The third-order valence-corrected chi connectivity index (χ3v) is 6.70. The first-order valence-electron chi connectivity index (χ1n) is 12.1. The Hall–Kier alpha value is -4.38. The molecule has 0 amide bonds. The number of aliphatic hydroxyl groups excluding tert-OH is 1. The molecule has 1 saturated heterocycles. The molecule has 0 saturated carbocycles. The van der Waals surface area contributed by atoms with Gasteiger partial charge in [0.1, 0.15) is 41.5 Å². The largest absolute Gasteiger partial charge is 0.493 e. The summed E-state index contributed by atoms with van der Waals surface area (Å²) in [6.45, 7) is 4.77. The highest BCUT2D eigenvalue weighted by atomic mass is 35.5. The SMILES string of the molecule is C=CC(O)N1CC(Oc2cc3c(Nc4ccc(Oc5ccc6ocnc6c5)c(Cl)c4)ncnc3cc2OC)C1. The van der Waals surface area contributed by atoms with E-state index in [9.17, 15) is 5.11 Å². The molecular weight excluding hydrogens is 522 g/mol. The quantitative estimate of drug-likeness (QED) is 0.229. The third-order valence-electron chi connectivity index (χ3n) is 6.40. The first-order valence-corrected chi connectivity index (χ1v) is 12.5. The molecule has 3 aromatic carbocycles. The fourth-order valence-electron chi connectivity index (χ4n) is 4.33. The first-order chi connectivity index (χ1) is 19.0. The average Bonchev–Trinajstić information content (AvgIpc) is 3.39. The Labute approximate surface area is 228 Å². The van der Waals surface area contributed by atoms with Gasteiger partial charge in [-0.15, -0.1) is 0 Å². The van der Waals surface area contributed by atoms with Gasteiger partial charge in [0.25, 0.3) is 0 Å². The maximum atomic E-state index is 9.90. The van der Waals surface area contributed by atoms with E-state index in [0.717, 1.165) is 5.39 Å². The molecular formula is C28H24ClN5O5. The lowest BCUT2D eigenvalue weighted by atomic mass is 10.1. The molecule has 6 rings (SSSR count). The van der Waals surface area contributed by atoms with Crippen molar-refractivity contribution in [3.8, 4) is 23.0 Å². The molecule has 10 nitrogen and oxygen atoms in total. The van der Waals surface area contributed by atoms with Crippen molar-refractivity contribution >= 4 is 45.1 Å². The van der Waals surface area contributed by atoms with Crippen LogP contribution in [0.25, 0.3) is 22.0 Å². The highest BCUT2D eigenvalue weighted by Gasteiger charge is 2.32. The second kappa shape index (κ2) is 10.4. The Morgan fingerprint density at radius 1 is 1.08 bits per heavy atom. The van der Waals surface area contributed by atoms with Gasteiger partial charge in [0.05, 0.1) is 17.6 Å². The van der Waals surface area contributed by atoms with Crippen molar-refractivity contribution in [1.82, 2.24) is 19.9 Å². The van der Waals surface area contributed by atoms with Crippen molar-refractivity contribution in [2.24, 2.45) is 0 Å². The summed E-state index contributed by atoms with van der Waals surface area (Å²) in [7, 11) is 1.58. The van der Waals surface area contributed by atoms with Crippen LogP contribution in [-0.4, -0.2) is 57.5 Å². The van der Waals surface area contributed by atoms with Crippen LogP contribution in [0.5, 0.6) is 23.0 Å². The molecule has 1 unspecified atom stereocenters.